The van der Waals surface area contributed by atoms with E-state index in [0.717, 1.165) is 34.9 Å². The van der Waals surface area contributed by atoms with E-state index in [-0.39, 0.29) is 29.8 Å². The van der Waals surface area contributed by atoms with Gasteiger partial charge in [-0.2, -0.15) is 16.9 Å². The van der Waals surface area contributed by atoms with Crippen LogP contribution in [-0.4, -0.2) is 28.5 Å². The highest BCUT2D eigenvalue weighted by Crippen LogP contribution is 2.16. The van der Waals surface area contributed by atoms with Crippen molar-refractivity contribution in [2.75, 3.05) is 12.8 Å². The topological polar surface area (TPSA) is 54.2 Å². The van der Waals surface area contributed by atoms with Crippen LogP contribution in [0.15, 0.2) is 35.6 Å². The van der Waals surface area contributed by atoms with E-state index in [1.165, 1.54) is 6.07 Å². The molecule has 0 saturated heterocycles. The van der Waals surface area contributed by atoms with Crippen LogP contribution in [0.4, 0.5) is 4.39 Å². The van der Waals surface area contributed by atoms with Crippen molar-refractivity contribution in [2.45, 2.75) is 25.8 Å². The van der Waals surface area contributed by atoms with Crippen LogP contribution >= 0.6 is 35.7 Å². The molecule has 2 aromatic rings. The van der Waals surface area contributed by atoms with Crippen molar-refractivity contribution in [3.63, 3.8) is 0 Å². The van der Waals surface area contributed by atoms with E-state index in [9.17, 15) is 4.39 Å². The average molecular weight is 477 g/mol. The van der Waals surface area contributed by atoms with Crippen LogP contribution in [0.2, 0.25) is 0 Å². The van der Waals surface area contributed by atoms with Gasteiger partial charge in [0.2, 0.25) is 0 Å². The van der Waals surface area contributed by atoms with Gasteiger partial charge in [-0.3, -0.25) is 4.68 Å². The molecule has 0 spiro atoms. The molecule has 8 heteroatoms. The Bertz CT molecular complexity index is 689. The number of aryl methyl sites for hydroxylation is 1. The Morgan fingerprint density at radius 2 is 2.12 bits per heavy atom. The highest BCUT2D eigenvalue weighted by Gasteiger charge is 2.06. The molecule has 0 amide bonds. The molecule has 0 aliphatic rings. The number of aromatic nitrogens is 2. The monoisotopic (exact) mass is 477 g/mol. The molecule has 0 radical (unpaired) electrons. The van der Waals surface area contributed by atoms with Crippen molar-refractivity contribution < 1.29 is 4.39 Å². The van der Waals surface area contributed by atoms with Crippen LogP contribution in [0.3, 0.4) is 0 Å². The van der Waals surface area contributed by atoms with Gasteiger partial charge in [-0.05, 0) is 36.4 Å². The molecule has 0 fully saturated rings. The number of hydrogen-bond acceptors (Lipinski definition) is 3. The van der Waals surface area contributed by atoms with Gasteiger partial charge in [0.25, 0.3) is 0 Å². The van der Waals surface area contributed by atoms with Crippen LogP contribution in [0.5, 0.6) is 0 Å². The second-order valence-corrected chi connectivity index (χ2v) is 6.28. The van der Waals surface area contributed by atoms with E-state index in [1.807, 2.05) is 38.7 Å². The lowest BCUT2D eigenvalue weighted by atomic mass is 10.1. The summed E-state index contributed by atoms with van der Waals surface area (Å²) in [6.07, 6.45) is 5.77. The molecule has 1 heterocycles. The van der Waals surface area contributed by atoms with E-state index in [1.54, 1.807) is 22.5 Å². The summed E-state index contributed by atoms with van der Waals surface area (Å²) < 4.78 is 15.2. The summed E-state index contributed by atoms with van der Waals surface area (Å²) in [6.45, 7) is 3.97. The number of rotatable bonds is 7. The summed E-state index contributed by atoms with van der Waals surface area (Å²) in [5, 5.41) is 10.7. The number of benzene rings is 1. The van der Waals surface area contributed by atoms with Crippen LogP contribution < -0.4 is 10.6 Å². The van der Waals surface area contributed by atoms with E-state index in [4.69, 9.17) is 0 Å². The van der Waals surface area contributed by atoms with E-state index in [2.05, 4.69) is 20.7 Å². The van der Waals surface area contributed by atoms with E-state index >= 15 is 0 Å². The lowest BCUT2D eigenvalue weighted by molar-refractivity contribution is 0.625. The second kappa shape index (κ2) is 11.3. The molecule has 5 nitrogen and oxygen atoms in total. The number of nitrogens with zero attached hydrogens (tertiary/aromatic N) is 3. The number of nitrogens with one attached hydrogen (secondary N) is 2. The lowest BCUT2D eigenvalue weighted by Crippen LogP contribution is -2.37. The highest BCUT2D eigenvalue weighted by atomic mass is 127. The Morgan fingerprint density at radius 1 is 1.32 bits per heavy atom. The highest BCUT2D eigenvalue weighted by molar-refractivity contribution is 14.0. The Kier molecular flexibility index (Phi) is 9.88. The van der Waals surface area contributed by atoms with Gasteiger partial charge >= 0.3 is 0 Å². The maximum atomic E-state index is 13.4. The molecule has 2 N–H and O–H groups in total. The molecule has 0 atom stereocenters. The SMILES string of the molecule is CCNC(=NCc1cnn(C)c1)NCc1ccc(F)cc1CSC.I. The number of thioether (sulfide) groups is 1. The number of aliphatic imine (C=N–C) groups is 1. The normalized spacial score (nSPS) is 11.1. The van der Waals surface area contributed by atoms with Crippen LogP contribution in [-0.2, 0) is 25.9 Å². The third-order valence-corrected chi connectivity index (χ3v) is 4.04. The molecule has 138 valence electrons. The fourth-order valence-electron chi connectivity index (χ4n) is 2.30. The zero-order valence-electron chi connectivity index (χ0n) is 14.8. The first-order valence-electron chi connectivity index (χ1n) is 7.88. The maximum absolute atomic E-state index is 13.4. The zero-order valence-corrected chi connectivity index (χ0v) is 17.9. The zero-order chi connectivity index (χ0) is 17.4. The molecule has 2 rings (SSSR count). The van der Waals surface area contributed by atoms with Gasteiger partial charge in [0, 0.05) is 37.7 Å². The van der Waals surface area contributed by atoms with E-state index < -0.39 is 0 Å². The van der Waals surface area contributed by atoms with Gasteiger partial charge in [-0.1, -0.05) is 6.07 Å². The molecular formula is C17H25FIN5S. The standard InChI is InChI=1S/C17H24FN5S.HI/c1-4-19-17(20-8-13-9-22-23(2)11-13)21-10-14-5-6-16(18)7-15(14)12-24-3;/h5-7,9,11H,4,8,10,12H2,1-3H3,(H2,19,20,21);1H. The minimum Gasteiger partial charge on any atom is -0.357 e. The van der Waals surface area contributed by atoms with Crippen molar-refractivity contribution >= 4 is 41.7 Å². The van der Waals surface area contributed by atoms with E-state index in [0.29, 0.717) is 13.1 Å². The average Bonchev–Trinajstić information content (AvgIpc) is 2.97. The fraction of sp³-hybridized carbons (Fsp3) is 0.412. The summed E-state index contributed by atoms with van der Waals surface area (Å²) in [7, 11) is 1.89. The number of guanidine groups is 1. The minimum atomic E-state index is -0.194. The van der Waals surface area contributed by atoms with Gasteiger partial charge in [0.15, 0.2) is 5.96 Å². The molecule has 1 aromatic carbocycles. The fourth-order valence-corrected chi connectivity index (χ4v) is 2.88. The summed E-state index contributed by atoms with van der Waals surface area (Å²) >= 11 is 1.68. The van der Waals surface area contributed by atoms with Crippen LogP contribution in [0, 0.1) is 5.82 Å². The van der Waals surface area contributed by atoms with Gasteiger partial charge in [-0.25, -0.2) is 9.38 Å². The second-order valence-electron chi connectivity index (χ2n) is 5.42. The first-order valence-corrected chi connectivity index (χ1v) is 9.27. The third kappa shape index (κ3) is 7.23. The van der Waals surface area contributed by atoms with Crippen molar-refractivity contribution in [1.29, 1.82) is 0 Å². The van der Waals surface area contributed by atoms with Crippen molar-refractivity contribution in [1.82, 2.24) is 20.4 Å². The first-order chi connectivity index (χ1) is 11.6. The van der Waals surface area contributed by atoms with Gasteiger partial charge in [0.1, 0.15) is 5.82 Å². The molecule has 0 bridgehead atoms. The maximum Gasteiger partial charge on any atom is 0.191 e. The molecule has 0 aliphatic heterocycles. The summed E-state index contributed by atoms with van der Waals surface area (Å²) in [6, 6.07) is 4.94. The first kappa shape index (κ1) is 21.8. The van der Waals surface area contributed by atoms with Crippen LogP contribution in [0.25, 0.3) is 0 Å². The number of halogens is 2. The van der Waals surface area contributed by atoms with Crippen molar-refractivity contribution in [3.05, 3.63) is 53.1 Å². The van der Waals surface area contributed by atoms with Gasteiger partial charge in [-0.15, -0.1) is 24.0 Å². The summed E-state index contributed by atoms with van der Waals surface area (Å²) in [4.78, 5) is 4.57. The van der Waals surface area contributed by atoms with Crippen molar-refractivity contribution in [2.24, 2.45) is 12.0 Å². The molecule has 0 saturated carbocycles. The Hall–Kier alpha value is -1.29. The predicted molar refractivity (Wildman–Crippen MR) is 114 cm³/mol. The summed E-state index contributed by atoms with van der Waals surface area (Å²) in [5.74, 6) is 1.33. The smallest absolute Gasteiger partial charge is 0.191 e. The summed E-state index contributed by atoms with van der Waals surface area (Å²) in [5.41, 5.74) is 3.15. The Balaban J connectivity index is 0.00000312. The van der Waals surface area contributed by atoms with Crippen LogP contribution in [0.1, 0.15) is 23.6 Å². The van der Waals surface area contributed by atoms with Crippen molar-refractivity contribution in [3.8, 4) is 0 Å². The Labute approximate surface area is 169 Å². The van der Waals surface area contributed by atoms with Gasteiger partial charge in [0.05, 0.1) is 12.7 Å². The molecule has 0 aliphatic carbocycles. The largest absolute Gasteiger partial charge is 0.357 e. The lowest BCUT2D eigenvalue weighted by Gasteiger charge is -2.14. The quantitative estimate of drug-likeness (QED) is 0.365. The molecular weight excluding hydrogens is 452 g/mol. The molecule has 25 heavy (non-hydrogen) atoms. The molecule has 0 unspecified atom stereocenters. The number of hydrogen-bond donors (Lipinski definition) is 2. The molecule has 1 aromatic heterocycles. The third-order valence-electron chi connectivity index (χ3n) is 3.44. The Morgan fingerprint density at radius 3 is 2.76 bits per heavy atom. The minimum absolute atomic E-state index is 0. The van der Waals surface area contributed by atoms with Gasteiger partial charge < -0.3 is 10.6 Å². The predicted octanol–water partition coefficient (Wildman–Crippen LogP) is 3.30.